The number of nitrogens with zero attached hydrogens (tertiary/aromatic N) is 1. The summed E-state index contributed by atoms with van der Waals surface area (Å²) in [5.74, 6) is 1.12. The van der Waals surface area contributed by atoms with Crippen LogP contribution in [0.25, 0.3) is 5.57 Å². The summed E-state index contributed by atoms with van der Waals surface area (Å²) < 4.78 is 5.42. The topological polar surface area (TPSA) is 46.6 Å². The number of ether oxygens (including phenoxy) is 1. The monoisotopic (exact) mass is 319 g/mol. The molecular weight excluding hydrogens is 298 g/mol. The molecule has 2 amide bonds. The lowest BCUT2D eigenvalue weighted by molar-refractivity contribution is -0.138. The molecule has 1 aliphatic heterocycles. The zero-order valence-electron chi connectivity index (χ0n) is 13.4. The van der Waals surface area contributed by atoms with Gasteiger partial charge in [0.1, 0.15) is 5.75 Å². The molecule has 118 valence electrons. The highest BCUT2D eigenvalue weighted by molar-refractivity contribution is 8.04. The van der Waals surface area contributed by atoms with Crippen LogP contribution in [0.4, 0.5) is 0 Å². The van der Waals surface area contributed by atoms with Crippen LogP contribution in [0.3, 0.4) is 0 Å². The van der Waals surface area contributed by atoms with Crippen molar-refractivity contribution in [2.24, 2.45) is 0 Å². The second-order valence-electron chi connectivity index (χ2n) is 5.17. The summed E-state index contributed by atoms with van der Waals surface area (Å²) in [5.41, 5.74) is 1.27. The summed E-state index contributed by atoms with van der Waals surface area (Å²) in [6, 6.07) is 7.19. The Morgan fingerprint density at radius 2 is 1.73 bits per heavy atom. The lowest BCUT2D eigenvalue weighted by atomic mass is 10.1. The second kappa shape index (κ2) is 7.01. The molecule has 0 atom stereocenters. The van der Waals surface area contributed by atoms with Crippen LogP contribution in [0.5, 0.6) is 5.75 Å². The number of imide groups is 1. The Balaban J connectivity index is 2.43. The van der Waals surface area contributed by atoms with Gasteiger partial charge in [0.2, 0.25) is 0 Å². The summed E-state index contributed by atoms with van der Waals surface area (Å²) in [6.07, 6.45) is 0. The number of carbonyl (C=O) groups excluding carboxylic acids is 2. The molecule has 0 aliphatic carbocycles. The van der Waals surface area contributed by atoms with Gasteiger partial charge in [0, 0.05) is 6.04 Å². The molecule has 0 bridgehead atoms. The molecule has 1 aliphatic rings. The normalized spacial score (nSPS) is 15.2. The van der Waals surface area contributed by atoms with Gasteiger partial charge in [0.25, 0.3) is 11.8 Å². The molecule has 1 aromatic carbocycles. The number of amides is 2. The van der Waals surface area contributed by atoms with E-state index in [1.807, 2.05) is 52.0 Å². The molecule has 0 aromatic heterocycles. The number of hydrogen-bond donors (Lipinski definition) is 0. The van der Waals surface area contributed by atoms with Crippen molar-refractivity contribution in [1.82, 2.24) is 4.90 Å². The molecule has 1 heterocycles. The first-order chi connectivity index (χ1) is 10.5. The zero-order valence-corrected chi connectivity index (χ0v) is 14.2. The van der Waals surface area contributed by atoms with E-state index >= 15 is 0 Å². The van der Waals surface area contributed by atoms with Gasteiger partial charge in [0.05, 0.1) is 17.1 Å². The third-order valence-electron chi connectivity index (χ3n) is 3.33. The first kappa shape index (κ1) is 16.6. The van der Waals surface area contributed by atoms with Crippen LogP contribution in [0.1, 0.15) is 33.3 Å². The van der Waals surface area contributed by atoms with E-state index in [1.54, 1.807) is 0 Å². The fourth-order valence-corrected chi connectivity index (χ4v) is 3.27. The molecule has 4 nitrogen and oxygen atoms in total. The number of thioether (sulfide) groups is 1. The second-order valence-corrected chi connectivity index (χ2v) is 6.44. The van der Waals surface area contributed by atoms with Gasteiger partial charge >= 0.3 is 0 Å². The highest BCUT2D eigenvalue weighted by Crippen LogP contribution is 2.37. The standard InChI is InChI=1S/C17H21NO3S/c1-5-21-13-9-7-12(8-10-13)14-15(22-6-2)17(20)18(11(3)4)16(14)19/h7-11H,5-6H2,1-4H3. The SMILES string of the molecule is CCOc1ccc(C2=C(SCC)C(=O)N(C(C)C)C2=O)cc1. The van der Waals surface area contributed by atoms with Crippen LogP contribution in [-0.2, 0) is 9.59 Å². The molecule has 0 saturated carbocycles. The maximum absolute atomic E-state index is 12.7. The van der Waals surface area contributed by atoms with Crippen molar-refractivity contribution in [3.63, 3.8) is 0 Å². The van der Waals surface area contributed by atoms with Gasteiger partial charge in [-0.05, 0) is 44.2 Å². The molecular formula is C17H21NO3S. The Hall–Kier alpha value is -1.75. The van der Waals surface area contributed by atoms with E-state index in [2.05, 4.69) is 0 Å². The fourth-order valence-electron chi connectivity index (χ4n) is 2.41. The fraction of sp³-hybridized carbons (Fsp3) is 0.412. The molecule has 0 spiro atoms. The third-order valence-corrected chi connectivity index (χ3v) is 4.29. The van der Waals surface area contributed by atoms with Gasteiger partial charge in [-0.15, -0.1) is 11.8 Å². The summed E-state index contributed by atoms with van der Waals surface area (Å²) in [6.45, 7) is 8.20. The Bertz CT molecular complexity index is 605. The van der Waals surface area contributed by atoms with Crippen LogP contribution in [0.15, 0.2) is 29.2 Å². The first-order valence-electron chi connectivity index (χ1n) is 7.49. The third kappa shape index (κ3) is 3.04. The molecule has 0 N–H and O–H groups in total. The number of benzene rings is 1. The summed E-state index contributed by atoms with van der Waals surface area (Å²) in [5, 5.41) is 0. The van der Waals surface area contributed by atoms with Crippen LogP contribution in [-0.4, -0.2) is 35.1 Å². The minimum atomic E-state index is -0.208. The van der Waals surface area contributed by atoms with E-state index in [4.69, 9.17) is 4.74 Å². The molecule has 0 saturated heterocycles. The molecule has 0 unspecified atom stereocenters. The molecule has 2 rings (SSSR count). The lowest BCUT2D eigenvalue weighted by Crippen LogP contribution is -2.37. The first-order valence-corrected chi connectivity index (χ1v) is 8.48. The molecule has 1 aromatic rings. The van der Waals surface area contributed by atoms with Crippen molar-refractivity contribution in [1.29, 1.82) is 0 Å². The van der Waals surface area contributed by atoms with Gasteiger partial charge in [-0.3, -0.25) is 14.5 Å². The summed E-state index contributed by atoms with van der Waals surface area (Å²) >= 11 is 1.43. The van der Waals surface area contributed by atoms with Crippen LogP contribution in [0, 0.1) is 0 Å². The van der Waals surface area contributed by atoms with E-state index in [1.165, 1.54) is 16.7 Å². The summed E-state index contributed by atoms with van der Waals surface area (Å²) in [7, 11) is 0. The highest BCUT2D eigenvalue weighted by Gasteiger charge is 2.40. The van der Waals surface area contributed by atoms with Gasteiger partial charge < -0.3 is 4.74 Å². The summed E-state index contributed by atoms with van der Waals surface area (Å²) in [4.78, 5) is 27.0. The van der Waals surface area contributed by atoms with E-state index in [-0.39, 0.29) is 17.9 Å². The Kier molecular flexibility index (Phi) is 5.29. The smallest absolute Gasteiger partial charge is 0.268 e. The van der Waals surface area contributed by atoms with Crippen molar-refractivity contribution in [3.8, 4) is 5.75 Å². The molecule has 22 heavy (non-hydrogen) atoms. The number of carbonyl (C=O) groups is 2. The van der Waals surface area contributed by atoms with Crippen molar-refractivity contribution in [2.75, 3.05) is 12.4 Å². The van der Waals surface area contributed by atoms with Crippen molar-refractivity contribution in [3.05, 3.63) is 34.7 Å². The zero-order chi connectivity index (χ0) is 16.3. The van der Waals surface area contributed by atoms with Crippen LogP contribution < -0.4 is 4.74 Å². The Labute approximate surface area is 135 Å². The van der Waals surface area contributed by atoms with Crippen LogP contribution in [0.2, 0.25) is 0 Å². The van der Waals surface area contributed by atoms with Crippen molar-refractivity contribution >= 4 is 29.1 Å². The highest BCUT2D eigenvalue weighted by atomic mass is 32.2. The predicted octanol–water partition coefficient (Wildman–Crippen LogP) is 3.33. The lowest BCUT2D eigenvalue weighted by Gasteiger charge is -2.19. The van der Waals surface area contributed by atoms with Gasteiger partial charge in [-0.25, -0.2) is 0 Å². The number of rotatable bonds is 6. The Morgan fingerprint density at radius 3 is 2.23 bits per heavy atom. The average Bonchev–Trinajstić information content (AvgIpc) is 2.72. The average molecular weight is 319 g/mol. The van der Waals surface area contributed by atoms with E-state index in [9.17, 15) is 9.59 Å². The van der Waals surface area contributed by atoms with Gasteiger partial charge in [0.15, 0.2) is 0 Å². The maximum Gasteiger partial charge on any atom is 0.268 e. The van der Waals surface area contributed by atoms with Crippen LogP contribution >= 0.6 is 11.8 Å². The van der Waals surface area contributed by atoms with Crippen molar-refractivity contribution in [2.45, 2.75) is 33.7 Å². The molecule has 5 heteroatoms. The maximum atomic E-state index is 12.7. The quantitative estimate of drug-likeness (QED) is 0.755. The van der Waals surface area contributed by atoms with Gasteiger partial charge in [-0.2, -0.15) is 0 Å². The van der Waals surface area contributed by atoms with Crippen molar-refractivity contribution < 1.29 is 14.3 Å². The number of hydrogen-bond acceptors (Lipinski definition) is 4. The predicted molar refractivity (Wildman–Crippen MR) is 89.7 cm³/mol. The Morgan fingerprint density at radius 1 is 1.09 bits per heavy atom. The van der Waals surface area contributed by atoms with E-state index in [0.29, 0.717) is 17.1 Å². The minimum absolute atomic E-state index is 0.146. The molecule has 0 radical (unpaired) electrons. The van der Waals surface area contributed by atoms with E-state index in [0.717, 1.165) is 17.1 Å². The van der Waals surface area contributed by atoms with E-state index < -0.39 is 0 Å². The largest absolute Gasteiger partial charge is 0.494 e. The molecule has 0 fully saturated rings. The minimum Gasteiger partial charge on any atom is -0.494 e. The van der Waals surface area contributed by atoms with Gasteiger partial charge in [-0.1, -0.05) is 19.1 Å².